The van der Waals surface area contributed by atoms with E-state index in [0.717, 1.165) is 0 Å². The predicted molar refractivity (Wildman–Crippen MR) is 101 cm³/mol. The molecule has 0 bridgehead atoms. The van der Waals surface area contributed by atoms with Crippen LogP contribution in [0.5, 0.6) is 0 Å². The van der Waals surface area contributed by atoms with Crippen LogP contribution in [0.4, 0.5) is 0 Å². The van der Waals surface area contributed by atoms with E-state index in [1.807, 2.05) is 0 Å². The van der Waals surface area contributed by atoms with E-state index in [9.17, 15) is 61.3 Å². The van der Waals surface area contributed by atoms with Gasteiger partial charge in [-0.3, -0.25) is 0 Å². The highest BCUT2D eigenvalue weighted by Crippen LogP contribution is 2.40. The van der Waals surface area contributed by atoms with E-state index in [0.29, 0.717) is 0 Å². The number of aliphatic hydroxyl groups excluding tert-OH is 11. The third-order valence-electron chi connectivity index (χ3n) is 6.53. The van der Waals surface area contributed by atoms with Gasteiger partial charge in [-0.1, -0.05) is 0 Å². The second kappa shape index (κ2) is 10.8. The molecule has 3 rings (SSSR count). The summed E-state index contributed by atoms with van der Waals surface area (Å²) in [6.07, 6.45) is -26.2. The molecular formula is C18H32O16. The second-order valence-corrected chi connectivity index (χ2v) is 8.58. The summed E-state index contributed by atoms with van der Waals surface area (Å²) >= 11 is 0. The molecule has 0 aromatic carbocycles. The average molecular weight is 504 g/mol. The van der Waals surface area contributed by atoms with Crippen LogP contribution in [0.1, 0.15) is 0 Å². The Hall–Kier alpha value is -0.640. The number of aliphatic hydroxyl groups is 12. The lowest BCUT2D eigenvalue weighted by molar-refractivity contribution is -0.391. The SMILES string of the molecule is OC[C@H]1O[C@@H]([C@@]2(O)[C@H](O)[C@@H](O)[C@H](O[C@H]3[C@H](O)[C@@H](O)[C@@H](O)O[C@@H]3CO)O[C@@H]2CO)[C@H](O)[C@@H](O)[C@H]1O. The van der Waals surface area contributed by atoms with Crippen LogP contribution in [-0.4, -0.2) is 173 Å². The molecule has 0 aromatic heterocycles. The molecule has 12 N–H and O–H groups in total. The van der Waals surface area contributed by atoms with Gasteiger partial charge >= 0.3 is 0 Å². The molecule has 34 heavy (non-hydrogen) atoms. The minimum atomic E-state index is -2.82. The molecule has 0 amide bonds. The van der Waals surface area contributed by atoms with E-state index in [-0.39, 0.29) is 0 Å². The molecule has 0 unspecified atom stereocenters. The van der Waals surface area contributed by atoms with Crippen LogP contribution in [0.2, 0.25) is 0 Å². The average Bonchev–Trinajstić information content (AvgIpc) is 2.82. The molecule has 3 aliphatic heterocycles. The Labute approximate surface area is 192 Å². The maximum Gasteiger partial charge on any atom is 0.187 e. The van der Waals surface area contributed by atoms with Gasteiger partial charge in [0.25, 0.3) is 0 Å². The first kappa shape index (κ1) is 27.9. The van der Waals surface area contributed by atoms with Crippen LogP contribution in [0.25, 0.3) is 0 Å². The van der Waals surface area contributed by atoms with Crippen LogP contribution >= 0.6 is 0 Å². The summed E-state index contributed by atoms with van der Waals surface area (Å²) in [7, 11) is 0. The van der Waals surface area contributed by atoms with Crippen molar-refractivity contribution in [3.8, 4) is 0 Å². The zero-order valence-electron chi connectivity index (χ0n) is 17.7. The molecule has 3 saturated heterocycles. The zero-order valence-corrected chi connectivity index (χ0v) is 17.7. The van der Waals surface area contributed by atoms with Gasteiger partial charge in [-0.2, -0.15) is 0 Å². The smallest absolute Gasteiger partial charge is 0.187 e. The summed E-state index contributed by atoms with van der Waals surface area (Å²) in [5.41, 5.74) is -2.82. The normalized spacial score (nSPS) is 54.7. The summed E-state index contributed by atoms with van der Waals surface area (Å²) < 4.78 is 20.9. The van der Waals surface area contributed by atoms with Crippen molar-refractivity contribution in [3.05, 3.63) is 0 Å². The number of hydrogen-bond acceptors (Lipinski definition) is 16. The molecule has 0 radical (unpaired) electrons. The minimum absolute atomic E-state index is 0.810. The Balaban J connectivity index is 1.85. The molecule has 0 spiro atoms. The van der Waals surface area contributed by atoms with Crippen LogP contribution in [-0.2, 0) is 18.9 Å². The second-order valence-electron chi connectivity index (χ2n) is 8.58. The summed E-state index contributed by atoms with van der Waals surface area (Å²) in [6.45, 7) is -2.73. The van der Waals surface area contributed by atoms with Gasteiger partial charge in [-0.15, -0.1) is 0 Å². The largest absolute Gasteiger partial charge is 0.394 e. The van der Waals surface area contributed by atoms with Gasteiger partial charge < -0.3 is 80.2 Å². The molecule has 3 heterocycles. The maximum absolute atomic E-state index is 11.2. The summed E-state index contributed by atoms with van der Waals surface area (Å²) in [5, 5.41) is 121. The highest BCUT2D eigenvalue weighted by atomic mass is 16.7. The van der Waals surface area contributed by atoms with Gasteiger partial charge in [-0.05, 0) is 0 Å². The predicted octanol–water partition coefficient (Wildman–Crippen LogP) is -8.18. The highest BCUT2D eigenvalue weighted by Gasteiger charge is 2.64. The first-order valence-corrected chi connectivity index (χ1v) is 10.5. The highest BCUT2D eigenvalue weighted by molar-refractivity contribution is 5.12. The minimum Gasteiger partial charge on any atom is -0.394 e. The first-order valence-electron chi connectivity index (χ1n) is 10.5. The molecule has 3 aliphatic rings. The van der Waals surface area contributed by atoms with Gasteiger partial charge in [-0.25, -0.2) is 0 Å². The fourth-order valence-corrected chi connectivity index (χ4v) is 4.49. The monoisotopic (exact) mass is 504 g/mol. The van der Waals surface area contributed by atoms with Crippen LogP contribution in [0.15, 0.2) is 0 Å². The van der Waals surface area contributed by atoms with Crippen molar-refractivity contribution in [3.63, 3.8) is 0 Å². The lowest BCUT2D eigenvalue weighted by atomic mass is 9.75. The van der Waals surface area contributed by atoms with Crippen molar-refractivity contribution in [2.45, 2.75) is 91.4 Å². The Morgan fingerprint density at radius 1 is 0.618 bits per heavy atom. The van der Waals surface area contributed by atoms with Crippen molar-refractivity contribution < 1.29 is 80.2 Å². The maximum atomic E-state index is 11.2. The number of rotatable bonds is 6. The molecule has 16 heteroatoms. The zero-order chi connectivity index (χ0) is 25.5. The quantitative estimate of drug-likeness (QED) is 0.160. The van der Waals surface area contributed by atoms with E-state index in [1.54, 1.807) is 0 Å². The van der Waals surface area contributed by atoms with Crippen molar-refractivity contribution in [2.75, 3.05) is 19.8 Å². The standard InChI is InChI=1S/C18H32O16/c19-1-4-7(22)8(23)10(25)15(31-4)18(30)6(3-21)33-17(12(27)14(18)28)34-13-5(2-20)32-16(29)11(26)9(13)24/h4-17,19-30H,1-3H2/t4-,5-,6-,7+,8+,9-,10-,11-,12-,13-,14-,15-,16+,17+,18+/m1/s1. The van der Waals surface area contributed by atoms with Gasteiger partial charge in [0.1, 0.15) is 73.2 Å². The fourth-order valence-electron chi connectivity index (χ4n) is 4.49. The number of hydrogen-bond donors (Lipinski definition) is 12. The molecule has 0 aromatic rings. The lowest BCUT2D eigenvalue weighted by Gasteiger charge is -2.55. The molecule has 3 fully saturated rings. The summed E-state index contributed by atoms with van der Waals surface area (Å²) in [4.78, 5) is 0. The molecule has 200 valence electrons. The van der Waals surface area contributed by atoms with Crippen molar-refractivity contribution in [2.24, 2.45) is 0 Å². The van der Waals surface area contributed by atoms with Crippen LogP contribution in [0.3, 0.4) is 0 Å². The van der Waals surface area contributed by atoms with E-state index in [1.165, 1.54) is 0 Å². The fraction of sp³-hybridized carbons (Fsp3) is 1.00. The van der Waals surface area contributed by atoms with Gasteiger partial charge in [0.05, 0.1) is 19.8 Å². The molecule has 16 nitrogen and oxygen atoms in total. The summed E-state index contributed by atoms with van der Waals surface area (Å²) in [5.74, 6) is 0. The van der Waals surface area contributed by atoms with E-state index < -0.39 is 111 Å². The molecular weight excluding hydrogens is 472 g/mol. The van der Waals surface area contributed by atoms with Crippen molar-refractivity contribution >= 4 is 0 Å². The summed E-state index contributed by atoms with van der Waals surface area (Å²) in [6, 6.07) is 0. The van der Waals surface area contributed by atoms with E-state index in [4.69, 9.17) is 18.9 Å². The molecule has 0 saturated carbocycles. The third kappa shape index (κ3) is 4.59. The van der Waals surface area contributed by atoms with E-state index in [2.05, 4.69) is 0 Å². The van der Waals surface area contributed by atoms with Crippen LogP contribution < -0.4 is 0 Å². The Kier molecular flexibility index (Phi) is 8.85. The Bertz CT molecular complexity index is 662. The van der Waals surface area contributed by atoms with Crippen LogP contribution in [0, 0.1) is 0 Å². The first-order chi connectivity index (χ1) is 15.9. The molecule has 15 atom stereocenters. The van der Waals surface area contributed by atoms with E-state index >= 15 is 0 Å². The Morgan fingerprint density at radius 3 is 1.79 bits per heavy atom. The topological polar surface area (TPSA) is 280 Å². The Morgan fingerprint density at radius 2 is 1.24 bits per heavy atom. The van der Waals surface area contributed by atoms with Crippen molar-refractivity contribution in [1.29, 1.82) is 0 Å². The van der Waals surface area contributed by atoms with Gasteiger partial charge in [0.2, 0.25) is 0 Å². The van der Waals surface area contributed by atoms with Crippen molar-refractivity contribution in [1.82, 2.24) is 0 Å². The number of ether oxygens (including phenoxy) is 4. The molecule has 0 aliphatic carbocycles. The lowest BCUT2D eigenvalue weighted by Crippen LogP contribution is -2.77. The van der Waals surface area contributed by atoms with Gasteiger partial charge in [0.15, 0.2) is 18.2 Å². The van der Waals surface area contributed by atoms with Gasteiger partial charge in [0, 0.05) is 0 Å². The third-order valence-corrected chi connectivity index (χ3v) is 6.53.